The summed E-state index contributed by atoms with van der Waals surface area (Å²) in [7, 11) is 1.89. The number of carbonyl (C=O) groups excluding carboxylic acids is 1. The van der Waals surface area contributed by atoms with E-state index in [1.165, 1.54) is 0 Å². The Balaban J connectivity index is 0.00000225. The lowest BCUT2D eigenvalue weighted by atomic mass is 9.93. The van der Waals surface area contributed by atoms with E-state index < -0.39 is 6.09 Å². The van der Waals surface area contributed by atoms with E-state index >= 15 is 0 Å². The number of nitriles is 1. The summed E-state index contributed by atoms with van der Waals surface area (Å²) in [6.45, 7) is 0.472. The Bertz CT molecular complexity index is 751. The largest absolute Gasteiger partial charge is 0.449 e. The number of fused-ring (bicyclic) bond motifs is 1. The quantitative estimate of drug-likeness (QED) is 0.694. The van der Waals surface area contributed by atoms with Crippen LogP contribution >= 0.6 is 0 Å². The van der Waals surface area contributed by atoms with Gasteiger partial charge in [-0.15, -0.1) is 0 Å². The van der Waals surface area contributed by atoms with Crippen LogP contribution in [0.1, 0.15) is 33.5 Å². The molecule has 3 aliphatic rings. The van der Waals surface area contributed by atoms with Gasteiger partial charge in [-0.3, -0.25) is 5.32 Å². The molecule has 3 rings (SSSR count). The predicted molar refractivity (Wildman–Crippen MR) is 93.1 cm³/mol. The van der Waals surface area contributed by atoms with Crippen LogP contribution in [0.2, 0.25) is 0 Å². The minimum absolute atomic E-state index is 0. The van der Waals surface area contributed by atoms with Gasteiger partial charge < -0.3 is 4.74 Å². The molecule has 2 aliphatic heterocycles. The Morgan fingerprint density at radius 2 is 2.12 bits per heavy atom. The summed E-state index contributed by atoms with van der Waals surface area (Å²) in [6, 6.07) is 2.18. The first kappa shape index (κ1) is 16.3. The van der Waals surface area contributed by atoms with Crippen LogP contribution in [0.4, 0.5) is 4.79 Å². The molecule has 0 atom stereocenters. The highest BCUT2D eigenvalue weighted by Crippen LogP contribution is 2.28. The fraction of sp³-hybridized carbons (Fsp3) is 0.368. The highest BCUT2D eigenvalue weighted by molar-refractivity contribution is 6.05. The van der Waals surface area contributed by atoms with Gasteiger partial charge in [-0.2, -0.15) is 9.84 Å². The van der Waals surface area contributed by atoms with Crippen LogP contribution < -0.4 is 5.32 Å². The molecule has 5 nitrogen and oxygen atoms in total. The SMILES string of the molecule is C[N+]1=C(C#N)C=C/C1=C1/[CH]C=C2NC(=O)OCCCCCCC2=C1.[HH]. The van der Waals surface area contributed by atoms with Crippen LogP contribution in [0.25, 0.3) is 0 Å². The monoisotopic (exact) mass is 325 g/mol. The standard InChI is InChI=1S/C19H20N3O2.H2/c1-22-16(13-20)8-10-18(22)15-7-9-17-14(12-15)6-4-2-3-5-11-24-19(23)21-17;/h7-10,12H,2-6,11H2,1H3;1H/p+1/b18-15+;. The molecular formula is C19H23N3O2+. The molecule has 0 aromatic heterocycles. The first-order valence-electron chi connectivity index (χ1n) is 8.32. The minimum atomic E-state index is -0.392. The van der Waals surface area contributed by atoms with E-state index in [9.17, 15) is 4.79 Å². The molecule has 0 saturated carbocycles. The minimum Gasteiger partial charge on any atom is -0.449 e. The Kier molecular flexibility index (Phi) is 4.95. The van der Waals surface area contributed by atoms with Gasteiger partial charge in [0, 0.05) is 31.3 Å². The van der Waals surface area contributed by atoms with Gasteiger partial charge in [0.1, 0.15) is 7.05 Å². The number of carbonyl (C=O) groups is 1. The van der Waals surface area contributed by atoms with E-state index in [0.717, 1.165) is 54.6 Å². The van der Waals surface area contributed by atoms with Gasteiger partial charge in [-0.1, -0.05) is 18.9 Å². The van der Waals surface area contributed by atoms with Crippen molar-refractivity contribution in [3.05, 3.63) is 53.3 Å². The third-order valence-corrected chi connectivity index (χ3v) is 4.45. The molecule has 1 amide bonds. The molecule has 1 fully saturated rings. The maximum Gasteiger partial charge on any atom is 0.411 e. The second kappa shape index (κ2) is 7.31. The van der Waals surface area contributed by atoms with Gasteiger partial charge in [-0.05, 0) is 30.9 Å². The number of alkyl carbamates (subject to hydrolysis) is 1. The number of hydrogen-bond donors (Lipinski definition) is 1. The van der Waals surface area contributed by atoms with Gasteiger partial charge >= 0.3 is 6.09 Å². The summed E-state index contributed by atoms with van der Waals surface area (Å²) in [5.41, 5.74) is 4.57. The van der Waals surface area contributed by atoms with Crippen LogP contribution in [-0.2, 0) is 4.74 Å². The average Bonchev–Trinajstić information content (AvgIpc) is 2.93. The molecule has 1 radical (unpaired) electrons. The number of nitrogens with zero attached hydrogens (tertiary/aromatic N) is 2. The molecule has 0 spiro atoms. The predicted octanol–water partition coefficient (Wildman–Crippen LogP) is 3.38. The van der Waals surface area contributed by atoms with Crippen molar-refractivity contribution in [1.29, 1.82) is 5.26 Å². The Hall–Kier alpha value is -2.61. The van der Waals surface area contributed by atoms with E-state index in [2.05, 4.69) is 17.5 Å². The normalized spacial score (nSPS) is 24.9. The van der Waals surface area contributed by atoms with Crippen LogP contribution in [0.3, 0.4) is 0 Å². The summed E-state index contributed by atoms with van der Waals surface area (Å²) in [4.78, 5) is 11.9. The smallest absolute Gasteiger partial charge is 0.411 e. The van der Waals surface area contributed by atoms with E-state index in [1.807, 2.05) is 36.3 Å². The molecular weight excluding hydrogens is 302 g/mol. The van der Waals surface area contributed by atoms with Crippen LogP contribution in [0, 0.1) is 17.8 Å². The van der Waals surface area contributed by atoms with Crippen molar-refractivity contribution in [1.82, 2.24) is 5.32 Å². The number of likely N-dealkylation sites (N-methyl/N-ethyl adjacent to an activating group) is 1. The van der Waals surface area contributed by atoms with E-state index in [4.69, 9.17) is 10.00 Å². The summed E-state index contributed by atoms with van der Waals surface area (Å²) in [5.74, 6) is 0. The lowest BCUT2D eigenvalue weighted by molar-refractivity contribution is -0.433. The third-order valence-electron chi connectivity index (χ3n) is 4.45. The highest BCUT2D eigenvalue weighted by Gasteiger charge is 2.24. The number of rotatable bonds is 0. The molecule has 24 heavy (non-hydrogen) atoms. The molecule has 0 unspecified atom stereocenters. The van der Waals surface area contributed by atoms with Crippen molar-refractivity contribution in [2.75, 3.05) is 13.7 Å². The molecule has 1 saturated heterocycles. The van der Waals surface area contributed by atoms with E-state index in [1.54, 1.807) is 0 Å². The van der Waals surface area contributed by atoms with Crippen molar-refractivity contribution in [3.63, 3.8) is 0 Å². The maximum absolute atomic E-state index is 11.9. The molecule has 0 aromatic rings. The zero-order valence-electron chi connectivity index (χ0n) is 13.8. The van der Waals surface area contributed by atoms with Crippen LogP contribution in [-0.4, -0.2) is 30.0 Å². The first-order valence-corrected chi connectivity index (χ1v) is 8.32. The lowest BCUT2D eigenvalue weighted by Crippen LogP contribution is -2.26. The van der Waals surface area contributed by atoms with Crippen molar-refractivity contribution >= 4 is 11.8 Å². The molecule has 1 N–H and O–H groups in total. The molecule has 0 bridgehead atoms. The lowest BCUT2D eigenvalue weighted by Gasteiger charge is -2.18. The highest BCUT2D eigenvalue weighted by atomic mass is 16.5. The van der Waals surface area contributed by atoms with Crippen LogP contribution in [0.5, 0.6) is 0 Å². The van der Waals surface area contributed by atoms with Gasteiger partial charge in [0.2, 0.25) is 5.70 Å². The van der Waals surface area contributed by atoms with Gasteiger partial charge in [0.05, 0.1) is 6.61 Å². The third kappa shape index (κ3) is 3.48. The van der Waals surface area contributed by atoms with Gasteiger partial charge in [0.25, 0.3) is 5.71 Å². The summed E-state index contributed by atoms with van der Waals surface area (Å²) >= 11 is 0. The van der Waals surface area contributed by atoms with Gasteiger partial charge in [-0.25, -0.2) is 4.79 Å². The van der Waals surface area contributed by atoms with E-state index in [0.29, 0.717) is 12.3 Å². The first-order chi connectivity index (χ1) is 11.7. The number of ether oxygens (including phenoxy) is 1. The second-order valence-electron chi connectivity index (χ2n) is 6.07. The Morgan fingerprint density at radius 3 is 2.92 bits per heavy atom. The van der Waals surface area contributed by atoms with Crippen molar-refractivity contribution in [2.45, 2.75) is 32.1 Å². The molecule has 125 valence electrons. The number of amides is 1. The summed E-state index contributed by atoms with van der Waals surface area (Å²) in [5, 5.41) is 12.0. The zero-order chi connectivity index (χ0) is 16.9. The topological polar surface area (TPSA) is 65.1 Å². The molecule has 1 aliphatic carbocycles. The zero-order valence-corrected chi connectivity index (χ0v) is 13.8. The average molecular weight is 325 g/mol. The van der Waals surface area contributed by atoms with Crippen molar-refractivity contribution < 1.29 is 15.5 Å². The Labute approximate surface area is 143 Å². The number of nitrogens with one attached hydrogen (secondary N) is 1. The van der Waals surface area contributed by atoms with E-state index in [-0.39, 0.29) is 1.43 Å². The molecule has 5 heteroatoms. The number of allylic oxidation sites excluding steroid dienone is 6. The summed E-state index contributed by atoms with van der Waals surface area (Å²) in [6.07, 6.45) is 14.5. The van der Waals surface area contributed by atoms with Crippen molar-refractivity contribution in [2.24, 2.45) is 0 Å². The number of cyclic esters (lactones) is 1. The van der Waals surface area contributed by atoms with Crippen molar-refractivity contribution in [3.8, 4) is 6.07 Å². The maximum atomic E-state index is 11.9. The molecule has 0 aromatic carbocycles. The molecule has 2 heterocycles. The number of hydrogen-bond acceptors (Lipinski definition) is 3. The fourth-order valence-corrected chi connectivity index (χ4v) is 3.08. The van der Waals surface area contributed by atoms with Crippen LogP contribution in [0.15, 0.2) is 46.8 Å². The Morgan fingerprint density at radius 1 is 1.29 bits per heavy atom. The fourth-order valence-electron chi connectivity index (χ4n) is 3.08. The second-order valence-corrected chi connectivity index (χ2v) is 6.07. The summed E-state index contributed by atoms with van der Waals surface area (Å²) < 4.78 is 7.08. The van der Waals surface area contributed by atoms with Gasteiger partial charge in [0.15, 0.2) is 6.07 Å².